The molecule has 0 bridgehead atoms. The number of para-hydroxylation sites is 2. The first-order chi connectivity index (χ1) is 11.4. The molecule has 124 valence electrons. The molecular formula is C18H26N4O. The molecule has 0 atom stereocenters. The molecule has 0 unspecified atom stereocenters. The SMILES string of the molecule is c1ccc2[nH]c(N3CCC(OCCN4CCCC4)CC3)nc2c1. The average Bonchev–Trinajstić information content (AvgIpc) is 3.24. The van der Waals surface area contributed by atoms with Crippen LogP contribution in [0.4, 0.5) is 5.95 Å². The summed E-state index contributed by atoms with van der Waals surface area (Å²) in [4.78, 5) is 13.0. The monoisotopic (exact) mass is 314 g/mol. The number of hydrogen-bond donors (Lipinski definition) is 1. The largest absolute Gasteiger partial charge is 0.377 e. The van der Waals surface area contributed by atoms with Gasteiger partial charge in [0.1, 0.15) is 0 Å². The van der Waals surface area contributed by atoms with E-state index in [1.54, 1.807) is 0 Å². The van der Waals surface area contributed by atoms with Crippen LogP contribution < -0.4 is 4.90 Å². The lowest BCUT2D eigenvalue weighted by molar-refractivity contribution is 0.0264. The quantitative estimate of drug-likeness (QED) is 0.921. The van der Waals surface area contributed by atoms with Gasteiger partial charge in [-0.25, -0.2) is 4.98 Å². The molecule has 0 radical (unpaired) electrons. The van der Waals surface area contributed by atoms with Crippen LogP contribution in [-0.2, 0) is 4.74 Å². The lowest BCUT2D eigenvalue weighted by atomic mass is 10.1. The summed E-state index contributed by atoms with van der Waals surface area (Å²) in [5.74, 6) is 1.00. The second-order valence-electron chi connectivity index (χ2n) is 6.68. The minimum Gasteiger partial charge on any atom is -0.377 e. The van der Waals surface area contributed by atoms with E-state index in [9.17, 15) is 0 Å². The van der Waals surface area contributed by atoms with Crippen molar-refractivity contribution in [2.45, 2.75) is 31.8 Å². The first kappa shape index (κ1) is 15.0. The number of aromatic nitrogens is 2. The van der Waals surface area contributed by atoms with E-state index in [1.165, 1.54) is 25.9 Å². The molecule has 5 heteroatoms. The number of likely N-dealkylation sites (tertiary alicyclic amines) is 1. The molecule has 2 aliphatic rings. The highest BCUT2D eigenvalue weighted by Gasteiger charge is 2.22. The summed E-state index contributed by atoms with van der Waals surface area (Å²) in [5, 5.41) is 0. The topological polar surface area (TPSA) is 44.4 Å². The Kier molecular flexibility index (Phi) is 4.48. The zero-order valence-corrected chi connectivity index (χ0v) is 13.7. The van der Waals surface area contributed by atoms with Crippen molar-refractivity contribution in [3.05, 3.63) is 24.3 Å². The van der Waals surface area contributed by atoms with Crippen molar-refractivity contribution in [2.24, 2.45) is 0 Å². The van der Waals surface area contributed by atoms with E-state index in [2.05, 4.69) is 26.9 Å². The number of ether oxygens (including phenoxy) is 1. The summed E-state index contributed by atoms with van der Waals surface area (Å²) >= 11 is 0. The third-order valence-electron chi connectivity index (χ3n) is 5.08. The Morgan fingerprint density at radius 1 is 1.09 bits per heavy atom. The Labute approximate surface area is 137 Å². The van der Waals surface area contributed by atoms with Gasteiger partial charge in [-0.1, -0.05) is 12.1 Å². The highest BCUT2D eigenvalue weighted by Crippen LogP contribution is 2.22. The number of H-pyrrole nitrogens is 1. The third-order valence-corrected chi connectivity index (χ3v) is 5.08. The fourth-order valence-electron chi connectivity index (χ4n) is 3.68. The van der Waals surface area contributed by atoms with Gasteiger partial charge in [-0.3, -0.25) is 0 Å². The molecule has 23 heavy (non-hydrogen) atoms. The number of nitrogens with one attached hydrogen (secondary N) is 1. The Morgan fingerprint density at radius 3 is 2.65 bits per heavy atom. The summed E-state index contributed by atoms with van der Waals surface area (Å²) in [5.41, 5.74) is 2.16. The van der Waals surface area contributed by atoms with Crippen LogP contribution in [0, 0.1) is 0 Å². The predicted octanol–water partition coefficient (Wildman–Crippen LogP) is 2.64. The normalized spacial score (nSPS) is 20.6. The first-order valence-electron chi connectivity index (χ1n) is 8.92. The third kappa shape index (κ3) is 3.51. The molecule has 0 amide bonds. The van der Waals surface area contributed by atoms with Gasteiger partial charge in [0.2, 0.25) is 5.95 Å². The van der Waals surface area contributed by atoms with E-state index in [4.69, 9.17) is 9.72 Å². The van der Waals surface area contributed by atoms with Crippen LogP contribution in [0.5, 0.6) is 0 Å². The fraction of sp³-hybridized carbons (Fsp3) is 0.611. The molecule has 0 spiro atoms. The lowest BCUT2D eigenvalue weighted by Gasteiger charge is -2.32. The smallest absolute Gasteiger partial charge is 0.203 e. The van der Waals surface area contributed by atoms with Gasteiger partial charge in [-0.15, -0.1) is 0 Å². The van der Waals surface area contributed by atoms with Gasteiger partial charge in [0.05, 0.1) is 23.7 Å². The fourth-order valence-corrected chi connectivity index (χ4v) is 3.68. The van der Waals surface area contributed by atoms with E-state index in [1.807, 2.05) is 12.1 Å². The summed E-state index contributed by atoms with van der Waals surface area (Å²) in [6.07, 6.45) is 5.32. The van der Waals surface area contributed by atoms with Crippen molar-refractivity contribution in [1.29, 1.82) is 0 Å². The molecule has 1 aromatic heterocycles. The maximum atomic E-state index is 6.09. The Bertz CT molecular complexity index is 594. The van der Waals surface area contributed by atoms with Crippen molar-refractivity contribution < 1.29 is 4.74 Å². The van der Waals surface area contributed by atoms with Gasteiger partial charge in [0.25, 0.3) is 0 Å². The van der Waals surface area contributed by atoms with Crippen LogP contribution in [0.3, 0.4) is 0 Å². The van der Waals surface area contributed by atoms with Crippen molar-refractivity contribution in [2.75, 3.05) is 44.2 Å². The van der Waals surface area contributed by atoms with Gasteiger partial charge in [-0.05, 0) is 50.9 Å². The van der Waals surface area contributed by atoms with Gasteiger partial charge < -0.3 is 19.5 Å². The Morgan fingerprint density at radius 2 is 1.87 bits per heavy atom. The molecule has 0 aliphatic carbocycles. The number of hydrogen-bond acceptors (Lipinski definition) is 4. The van der Waals surface area contributed by atoms with Crippen molar-refractivity contribution in [3.63, 3.8) is 0 Å². The number of rotatable bonds is 5. The number of imidazole rings is 1. The van der Waals surface area contributed by atoms with Crippen LogP contribution in [0.25, 0.3) is 11.0 Å². The lowest BCUT2D eigenvalue weighted by Crippen LogP contribution is -2.38. The summed E-state index contributed by atoms with van der Waals surface area (Å²) in [6, 6.07) is 8.22. The minimum absolute atomic E-state index is 0.415. The van der Waals surface area contributed by atoms with Gasteiger partial charge >= 0.3 is 0 Å². The van der Waals surface area contributed by atoms with Crippen molar-refractivity contribution in [3.8, 4) is 0 Å². The molecule has 3 heterocycles. The van der Waals surface area contributed by atoms with E-state index in [-0.39, 0.29) is 0 Å². The summed E-state index contributed by atoms with van der Waals surface area (Å²) in [7, 11) is 0. The standard InChI is InChI=1S/C18H26N4O/c1-2-6-17-16(5-1)19-18(20-17)22-11-7-15(8-12-22)23-14-13-21-9-3-4-10-21/h1-2,5-6,15H,3-4,7-14H2,(H,19,20). The van der Waals surface area contributed by atoms with Crippen molar-refractivity contribution >= 4 is 17.0 Å². The molecule has 1 aromatic carbocycles. The van der Waals surface area contributed by atoms with Crippen LogP contribution in [0.15, 0.2) is 24.3 Å². The average molecular weight is 314 g/mol. The highest BCUT2D eigenvalue weighted by molar-refractivity contribution is 5.77. The molecule has 2 aliphatic heterocycles. The number of aromatic amines is 1. The molecule has 2 fully saturated rings. The maximum Gasteiger partial charge on any atom is 0.203 e. The van der Waals surface area contributed by atoms with Gasteiger partial charge in [0.15, 0.2) is 0 Å². The molecule has 2 aromatic rings. The molecule has 5 nitrogen and oxygen atoms in total. The zero-order valence-electron chi connectivity index (χ0n) is 13.7. The molecule has 1 N–H and O–H groups in total. The predicted molar refractivity (Wildman–Crippen MR) is 93.0 cm³/mol. The minimum atomic E-state index is 0.415. The van der Waals surface area contributed by atoms with Crippen LogP contribution in [0.1, 0.15) is 25.7 Å². The van der Waals surface area contributed by atoms with E-state index < -0.39 is 0 Å². The van der Waals surface area contributed by atoms with Crippen LogP contribution >= 0.6 is 0 Å². The number of fused-ring (bicyclic) bond motifs is 1. The molecule has 4 rings (SSSR count). The zero-order chi connectivity index (χ0) is 15.5. The van der Waals surface area contributed by atoms with E-state index >= 15 is 0 Å². The van der Waals surface area contributed by atoms with Crippen LogP contribution in [-0.4, -0.2) is 60.3 Å². The summed E-state index contributed by atoms with van der Waals surface area (Å²) in [6.45, 7) is 6.54. The van der Waals surface area contributed by atoms with E-state index in [0.29, 0.717) is 6.10 Å². The molecular weight excluding hydrogens is 288 g/mol. The highest BCUT2D eigenvalue weighted by atomic mass is 16.5. The number of piperidine rings is 1. The Balaban J connectivity index is 1.25. The molecule has 2 saturated heterocycles. The number of nitrogens with zero attached hydrogens (tertiary/aromatic N) is 3. The van der Waals surface area contributed by atoms with Crippen molar-refractivity contribution in [1.82, 2.24) is 14.9 Å². The molecule has 0 saturated carbocycles. The number of anilines is 1. The first-order valence-corrected chi connectivity index (χ1v) is 8.92. The second-order valence-corrected chi connectivity index (χ2v) is 6.68. The second kappa shape index (κ2) is 6.89. The Hall–Kier alpha value is -1.59. The van der Waals surface area contributed by atoms with E-state index in [0.717, 1.165) is 56.1 Å². The van der Waals surface area contributed by atoms with Gasteiger partial charge in [0, 0.05) is 19.6 Å². The summed E-state index contributed by atoms with van der Waals surface area (Å²) < 4.78 is 6.09. The number of benzene rings is 1. The van der Waals surface area contributed by atoms with Gasteiger partial charge in [-0.2, -0.15) is 0 Å². The van der Waals surface area contributed by atoms with Crippen LogP contribution in [0.2, 0.25) is 0 Å². The maximum absolute atomic E-state index is 6.09.